The molecule has 2 aromatic heterocycles. The number of anilines is 1. The molecule has 8 heteroatoms. The Morgan fingerprint density at radius 1 is 1.23 bits per heavy atom. The first kappa shape index (κ1) is 14.2. The van der Waals surface area contributed by atoms with Crippen molar-refractivity contribution in [2.75, 3.05) is 5.32 Å². The van der Waals surface area contributed by atoms with E-state index in [0.717, 1.165) is 5.56 Å². The maximum Gasteiger partial charge on any atom is 0.323 e. The Balaban J connectivity index is 1.68. The highest BCUT2D eigenvalue weighted by Crippen LogP contribution is 2.18. The predicted molar refractivity (Wildman–Crippen MR) is 84.0 cm³/mol. The van der Waals surface area contributed by atoms with E-state index in [1.54, 1.807) is 36.5 Å². The average molecular weight is 318 g/mol. The van der Waals surface area contributed by atoms with E-state index < -0.39 is 0 Å². The van der Waals surface area contributed by atoms with E-state index in [-0.39, 0.29) is 11.7 Å². The quantitative estimate of drug-likeness (QED) is 0.557. The molecule has 0 saturated heterocycles. The number of carbonyl (C=O) groups excluding carboxylic acids is 1. The normalized spacial score (nSPS) is 10.6. The van der Waals surface area contributed by atoms with Crippen molar-refractivity contribution in [1.82, 2.24) is 20.3 Å². The van der Waals surface area contributed by atoms with Gasteiger partial charge < -0.3 is 20.6 Å². The third-order valence-corrected chi connectivity index (χ3v) is 3.26. The minimum Gasteiger partial charge on any atom is -0.334 e. The van der Waals surface area contributed by atoms with Crippen molar-refractivity contribution in [3.63, 3.8) is 0 Å². The molecule has 0 aliphatic carbocycles. The summed E-state index contributed by atoms with van der Waals surface area (Å²) in [5.41, 5.74) is 2.20. The highest BCUT2D eigenvalue weighted by atomic mass is 35.5. The van der Waals surface area contributed by atoms with E-state index in [1.165, 1.54) is 0 Å². The number of urea groups is 1. The van der Waals surface area contributed by atoms with Crippen LogP contribution in [-0.2, 0) is 6.54 Å². The zero-order chi connectivity index (χ0) is 15.5. The number of nitrogens with zero attached hydrogens (tertiary/aromatic N) is 1. The molecule has 0 radical (unpaired) electrons. The van der Waals surface area contributed by atoms with Gasteiger partial charge in [0.15, 0.2) is 0 Å². The number of rotatable bonds is 3. The third kappa shape index (κ3) is 3.09. The van der Waals surface area contributed by atoms with Crippen LogP contribution < -0.4 is 16.3 Å². The second-order valence-electron chi connectivity index (χ2n) is 4.60. The van der Waals surface area contributed by atoms with E-state index in [2.05, 4.69) is 25.6 Å². The Morgan fingerprint density at radius 3 is 2.86 bits per heavy atom. The monoisotopic (exact) mass is 317 g/mol. The average Bonchev–Trinajstić information content (AvgIpc) is 2.88. The van der Waals surface area contributed by atoms with Crippen LogP contribution in [0.15, 0.2) is 41.3 Å². The number of H-pyrrole nitrogens is 2. The van der Waals surface area contributed by atoms with Gasteiger partial charge in [-0.1, -0.05) is 23.7 Å². The minimum atomic E-state index is -0.385. The van der Waals surface area contributed by atoms with E-state index in [1.807, 2.05) is 0 Å². The van der Waals surface area contributed by atoms with E-state index in [0.29, 0.717) is 28.4 Å². The number of hydrogen-bond acceptors (Lipinski definition) is 3. The number of carbonyl (C=O) groups is 1. The summed E-state index contributed by atoms with van der Waals surface area (Å²) in [6.45, 7) is 0.315. The van der Waals surface area contributed by atoms with Crippen LogP contribution in [0.4, 0.5) is 10.5 Å². The van der Waals surface area contributed by atoms with Crippen LogP contribution in [-0.4, -0.2) is 21.0 Å². The second-order valence-corrected chi connectivity index (χ2v) is 4.99. The van der Waals surface area contributed by atoms with Gasteiger partial charge in [0.25, 0.3) is 0 Å². The van der Waals surface area contributed by atoms with Crippen molar-refractivity contribution in [1.29, 1.82) is 0 Å². The number of imidazole rings is 1. The molecule has 3 rings (SSSR count). The summed E-state index contributed by atoms with van der Waals surface area (Å²) in [4.78, 5) is 32.4. The smallest absolute Gasteiger partial charge is 0.323 e. The van der Waals surface area contributed by atoms with E-state index in [9.17, 15) is 9.59 Å². The molecule has 112 valence electrons. The molecule has 0 fully saturated rings. The number of aromatic amines is 2. The van der Waals surface area contributed by atoms with Crippen LogP contribution in [0.25, 0.3) is 11.0 Å². The molecule has 4 N–H and O–H groups in total. The zero-order valence-corrected chi connectivity index (χ0v) is 12.1. The fourth-order valence-electron chi connectivity index (χ4n) is 2.02. The van der Waals surface area contributed by atoms with Crippen molar-refractivity contribution < 1.29 is 4.79 Å². The third-order valence-electron chi connectivity index (χ3n) is 3.04. The first-order valence-corrected chi connectivity index (χ1v) is 6.86. The van der Waals surface area contributed by atoms with Crippen LogP contribution in [0.1, 0.15) is 5.56 Å². The lowest BCUT2D eigenvalue weighted by molar-refractivity contribution is 0.252. The second kappa shape index (κ2) is 5.90. The van der Waals surface area contributed by atoms with Gasteiger partial charge in [0.2, 0.25) is 0 Å². The summed E-state index contributed by atoms with van der Waals surface area (Å²) in [6, 6.07) is 8.24. The number of benzene rings is 1. The lowest BCUT2D eigenvalue weighted by atomic mass is 10.2. The maximum atomic E-state index is 11.9. The number of para-hydroxylation sites is 1. The Morgan fingerprint density at radius 2 is 2.09 bits per heavy atom. The largest absolute Gasteiger partial charge is 0.334 e. The van der Waals surface area contributed by atoms with Gasteiger partial charge >= 0.3 is 11.7 Å². The molecule has 0 aliphatic heterocycles. The Bertz CT molecular complexity index is 869. The SMILES string of the molecule is O=C(NCc1ccc(Cl)nc1)Nc1cccc2[nH]c(=O)[nH]c12. The van der Waals surface area contributed by atoms with Gasteiger partial charge in [-0.05, 0) is 23.8 Å². The number of aromatic nitrogens is 3. The number of hydrogen-bond donors (Lipinski definition) is 4. The van der Waals surface area contributed by atoms with Crippen molar-refractivity contribution in [2.45, 2.75) is 6.54 Å². The fourth-order valence-corrected chi connectivity index (χ4v) is 2.13. The molecule has 2 amide bonds. The van der Waals surface area contributed by atoms with Gasteiger partial charge in [-0.2, -0.15) is 0 Å². The predicted octanol–water partition coefficient (Wildman–Crippen LogP) is 2.23. The first-order valence-electron chi connectivity index (χ1n) is 6.48. The highest BCUT2D eigenvalue weighted by Gasteiger charge is 2.07. The van der Waals surface area contributed by atoms with E-state index in [4.69, 9.17) is 11.6 Å². The summed E-state index contributed by atoms with van der Waals surface area (Å²) in [5.74, 6) is 0. The van der Waals surface area contributed by atoms with Gasteiger partial charge in [-0.3, -0.25) is 0 Å². The van der Waals surface area contributed by atoms with Crippen LogP contribution in [0.5, 0.6) is 0 Å². The summed E-state index contributed by atoms with van der Waals surface area (Å²) >= 11 is 5.70. The molecule has 0 aliphatic rings. The molecular weight excluding hydrogens is 306 g/mol. The van der Waals surface area contributed by atoms with Crippen LogP contribution >= 0.6 is 11.6 Å². The number of fused-ring (bicyclic) bond motifs is 1. The number of pyridine rings is 1. The van der Waals surface area contributed by atoms with Crippen LogP contribution in [0.3, 0.4) is 0 Å². The van der Waals surface area contributed by atoms with Crippen LogP contribution in [0.2, 0.25) is 5.15 Å². The van der Waals surface area contributed by atoms with E-state index >= 15 is 0 Å². The summed E-state index contributed by atoms with van der Waals surface area (Å²) in [5, 5.41) is 5.80. The Kier molecular flexibility index (Phi) is 3.80. The zero-order valence-electron chi connectivity index (χ0n) is 11.3. The molecule has 0 atom stereocenters. The topological polar surface area (TPSA) is 103 Å². The molecule has 0 saturated carbocycles. The summed E-state index contributed by atoms with van der Waals surface area (Å²) in [6.07, 6.45) is 1.59. The standard InChI is InChI=1S/C14H12ClN5O2/c15-11-5-4-8(6-16-11)7-17-13(21)18-9-2-1-3-10-12(9)20-14(22)19-10/h1-6H,7H2,(H2,17,18,21)(H2,19,20,22). The fraction of sp³-hybridized carbons (Fsp3) is 0.0714. The number of nitrogens with one attached hydrogen (secondary N) is 4. The molecule has 22 heavy (non-hydrogen) atoms. The van der Waals surface area contributed by atoms with Crippen molar-refractivity contribution in [3.8, 4) is 0 Å². The number of amides is 2. The van der Waals surface area contributed by atoms with Gasteiger partial charge in [0.05, 0.1) is 16.7 Å². The van der Waals surface area contributed by atoms with Crippen molar-refractivity contribution >= 4 is 34.4 Å². The molecule has 0 bridgehead atoms. The molecule has 3 aromatic rings. The van der Waals surface area contributed by atoms with Crippen molar-refractivity contribution in [2.24, 2.45) is 0 Å². The lowest BCUT2D eigenvalue weighted by Crippen LogP contribution is -2.28. The lowest BCUT2D eigenvalue weighted by Gasteiger charge is -2.08. The molecule has 0 unspecified atom stereocenters. The van der Waals surface area contributed by atoms with Gasteiger partial charge in [0.1, 0.15) is 5.15 Å². The highest BCUT2D eigenvalue weighted by molar-refractivity contribution is 6.29. The summed E-state index contributed by atoms with van der Waals surface area (Å²) < 4.78 is 0. The Hall–Kier alpha value is -2.80. The maximum absolute atomic E-state index is 11.9. The van der Waals surface area contributed by atoms with Gasteiger partial charge in [-0.25, -0.2) is 14.6 Å². The molecule has 1 aromatic carbocycles. The molecule has 2 heterocycles. The molecule has 7 nitrogen and oxygen atoms in total. The van der Waals surface area contributed by atoms with Crippen LogP contribution in [0, 0.1) is 0 Å². The summed E-state index contributed by atoms with van der Waals surface area (Å²) in [7, 11) is 0. The van der Waals surface area contributed by atoms with Gasteiger partial charge in [-0.15, -0.1) is 0 Å². The van der Waals surface area contributed by atoms with Gasteiger partial charge in [0, 0.05) is 12.7 Å². The first-order chi connectivity index (χ1) is 10.6. The van der Waals surface area contributed by atoms with Crippen molar-refractivity contribution in [3.05, 3.63) is 57.7 Å². The minimum absolute atomic E-state index is 0.315. The number of halogens is 1. The molecular formula is C14H12ClN5O2. The Labute approximate surface area is 129 Å². The molecule has 0 spiro atoms.